The van der Waals surface area contributed by atoms with E-state index in [1.54, 1.807) is 36.4 Å². The molecule has 0 aliphatic carbocycles. The maximum absolute atomic E-state index is 13.8. The molecule has 0 saturated heterocycles. The number of hydrogen-bond acceptors (Lipinski definition) is 6. The van der Waals surface area contributed by atoms with Crippen LogP contribution in [0.25, 0.3) is 10.9 Å². The van der Waals surface area contributed by atoms with E-state index >= 15 is 0 Å². The Labute approximate surface area is 209 Å². The zero-order chi connectivity index (χ0) is 25.4. The Morgan fingerprint density at radius 3 is 2.44 bits per heavy atom. The zero-order valence-electron chi connectivity index (χ0n) is 20.2. The van der Waals surface area contributed by atoms with Crippen LogP contribution in [0.2, 0.25) is 0 Å². The molecule has 1 aliphatic rings. The second-order valence-corrected chi connectivity index (χ2v) is 10.7. The van der Waals surface area contributed by atoms with Crippen LogP contribution < -0.4 is 19.8 Å². The van der Waals surface area contributed by atoms with Gasteiger partial charge in [-0.1, -0.05) is 17.7 Å². The van der Waals surface area contributed by atoms with Gasteiger partial charge in [-0.15, -0.1) is 0 Å². The molecule has 1 aromatic heterocycles. The van der Waals surface area contributed by atoms with E-state index in [-0.39, 0.29) is 30.3 Å². The monoisotopic (exact) mass is 506 g/mol. The highest BCUT2D eigenvalue weighted by Gasteiger charge is 2.27. The van der Waals surface area contributed by atoms with Gasteiger partial charge in [-0.3, -0.25) is 4.79 Å². The Morgan fingerprint density at radius 2 is 1.69 bits per heavy atom. The molecular weight excluding hydrogens is 480 g/mol. The first-order valence-corrected chi connectivity index (χ1v) is 12.8. The van der Waals surface area contributed by atoms with E-state index in [4.69, 9.17) is 14.2 Å². The molecule has 5 rings (SSSR count). The zero-order valence-corrected chi connectivity index (χ0v) is 21.0. The molecule has 36 heavy (non-hydrogen) atoms. The lowest BCUT2D eigenvalue weighted by atomic mass is 10.1. The summed E-state index contributed by atoms with van der Waals surface area (Å²) in [6, 6.07) is 17.2. The number of methoxy groups -OCH3 is 1. The van der Waals surface area contributed by atoms with Crippen LogP contribution in [0, 0.1) is 13.8 Å². The Hall–Kier alpha value is -3.82. The third-order valence-electron chi connectivity index (χ3n) is 6.21. The molecule has 0 radical (unpaired) electrons. The number of nitrogens with zero attached hydrogens (tertiary/aromatic N) is 1. The van der Waals surface area contributed by atoms with Gasteiger partial charge in [0.05, 0.1) is 17.5 Å². The molecule has 0 unspecified atom stereocenters. The molecule has 2 heterocycles. The minimum absolute atomic E-state index is 0.0370. The number of sulfonamides is 1. The van der Waals surface area contributed by atoms with E-state index in [1.807, 2.05) is 26.0 Å². The summed E-state index contributed by atoms with van der Waals surface area (Å²) in [7, 11) is -2.45. The summed E-state index contributed by atoms with van der Waals surface area (Å²) in [5.74, 6) is 1.72. The van der Waals surface area contributed by atoms with Crippen molar-refractivity contribution in [1.29, 1.82) is 0 Å². The number of aromatic amines is 1. The van der Waals surface area contributed by atoms with E-state index in [0.29, 0.717) is 28.4 Å². The van der Waals surface area contributed by atoms with E-state index in [0.717, 1.165) is 22.0 Å². The van der Waals surface area contributed by atoms with Crippen LogP contribution in [0.3, 0.4) is 0 Å². The second kappa shape index (κ2) is 9.33. The normalized spacial score (nSPS) is 12.9. The van der Waals surface area contributed by atoms with Crippen molar-refractivity contribution >= 4 is 20.9 Å². The molecule has 8 nitrogen and oxygen atoms in total. The number of hydrogen-bond donors (Lipinski definition) is 1. The molecule has 1 aliphatic heterocycles. The van der Waals surface area contributed by atoms with Gasteiger partial charge in [0, 0.05) is 18.7 Å². The minimum atomic E-state index is -3.97. The molecule has 3 aromatic carbocycles. The summed E-state index contributed by atoms with van der Waals surface area (Å²) in [5, 5.41) is 0.854. The van der Waals surface area contributed by atoms with E-state index in [1.165, 1.54) is 23.5 Å². The third-order valence-corrected chi connectivity index (χ3v) is 8.02. The number of aryl methyl sites for hydroxylation is 2. The van der Waals surface area contributed by atoms with Gasteiger partial charge in [0.15, 0.2) is 11.5 Å². The highest BCUT2D eigenvalue weighted by molar-refractivity contribution is 7.89. The topological polar surface area (TPSA) is 97.9 Å². The number of H-pyrrole nitrogens is 1. The molecule has 0 amide bonds. The Balaban J connectivity index is 1.57. The fourth-order valence-electron chi connectivity index (χ4n) is 4.41. The van der Waals surface area contributed by atoms with Crippen LogP contribution in [0.15, 0.2) is 70.4 Å². The molecule has 186 valence electrons. The fourth-order valence-corrected chi connectivity index (χ4v) is 5.81. The Bertz CT molecular complexity index is 1610. The van der Waals surface area contributed by atoms with Gasteiger partial charge in [0.1, 0.15) is 5.75 Å². The lowest BCUT2D eigenvalue weighted by Crippen LogP contribution is -2.32. The first-order chi connectivity index (χ1) is 17.2. The van der Waals surface area contributed by atoms with Crippen molar-refractivity contribution in [1.82, 2.24) is 9.29 Å². The molecule has 0 spiro atoms. The van der Waals surface area contributed by atoms with Crippen molar-refractivity contribution in [2.24, 2.45) is 0 Å². The van der Waals surface area contributed by atoms with Gasteiger partial charge in [0.2, 0.25) is 16.8 Å². The predicted molar refractivity (Wildman–Crippen MR) is 136 cm³/mol. The lowest BCUT2D eigenvalue weighted by molar-refractivity contribution is 0.174. The molecule has 1 N–H and O–H groups in total. The van der Waals surface area contributed by atoms with Gasteiger partial charge in [0.25, 0.3) is 5.56 Å². The van der Waals surface area contributed by atoms with Crippen molar-refractivity contribution in [2.45, 2.75) is 31.8 Å². The van der Waals surface area contributed by atoms with Crippen LogP contribution >= 0.6 is 0 Å². The van der Waals surface area contributed by atoms with Gasteiger partial charge < -0.3 is 19.2 Å². The first kappa shape index (κ1) is 23.9. The number of ether oxygens (including phenoxy) is 3. The van der Waals surface area contributed by atoms with Crippen LogP contribution in [0.4, 0.5) is 0 Å². The first-order valence-electron chi connectivity index (χ1n) is 11.4. The SMILES string of the molecule is COc1ccc(S(=O)(=O)N(Cc2ccc3c(c2)OCO3)Cc2cc3cc(C)cc(C)c3[nH]c2=O)cc1. The standard InChI is InChI=1S/C27H26N2O6S/c1-17-10-18(2)26-20(11-17)13-21(27(30)28-26)15-29(14-19-4-9-24-25(12-19)35-16-34-24)36(31,32)23-7-5-22(33-3)6-8-23/h4-13H,14-16H2,1-3H3,(H,28,30). The summed E-state index contributed by atoms with van der Waals surface area (Å²) in [6.07, 6.45) is 0. The number of fused-ring (bicyclic) bond motifs is 2. The fraction of sp³-hybridized carbons (Fsp3) is 0.222. The van der Waals surface area contributed by atoms with Crippen molar-refractivity contribution in [3.8, 4) is 17.2 Å². The van der Waals surface area contributed by atoms with Crippen LogP contribution in [-0.2, 0) is 23.1 Å². The second-order valence-electron chi connectivity index (χ2n) is 8.81. The smallest absolute Gasteiger partial charge is 0.252 e. The number of rotatable bonds is 7. The molecular formula is C27H26N2O6S. The number of pyridine rings is 1. The molecule has 0 atom stereocenters. The quantitative estimate of drug-likeness (QED) is 0.402. The maximum atomic E-state index is 13.8. The molecule has 4 aromatic rings. The summed E-state index contributed by atoms with van der Waals surface area (Å²) in [5.41, 5.74) is 3.49. The highest BCUT2D eigenvalue weighted by atomic mass is 32.2. The van der Waals surface area contributed by atoms with Crippen LogP contribution in [0.5, 0.6) is 17.2 Å². The highest BCUT2D eigenvalue weighted by Crippen LogP contribution is 2.33. The molecule has 0 fully saturated rings. The van der Waals surface area contributed by atoms with Gasteiger partial charge in [-0.05, 0) is 78.9 Å². The largest absolute Gasteiger partial charge is 0.497 e. The van der Waals surface area contributed by atoms with Gasteiger partial charge in [-0.25, -0.2) is 8.42 Å². The van der Waals surface area contributed by atoms with Crippen molar-refractivity contribution < 1.29 is 22.6 Å². The van der Waals surface area contributed by atoms with Crippen molar-refractivity contribution in [3.63, 3.8) is 0 Å². The molecule has 0 bridgehead atoms. The number of aromatic nitrogens is 1. The van der Waals surface area contributed by atoms with E-state index in [9.17, 15) is 13.2 Å². The van der Waals surface area contributed by atoms with Gasteiger partial charge >= 0.3 is 0 Å². The van der Waals surface area contributed by atoms with Crippen LogP contribution in [-0.4, -0.2) is 31.6 Å². The number of nitrogens with one attached hydrogen (secondary N) is 1. The Morgan fingerprint density at radius 1 is 0.944 bits per heavy atom. The maximum Gasteiger partial charge on any atom is 0.252 e. The summed E-state index contributed by atoms with van der Waals surface area (Å²) < 4.78 is 44.9. The van der Waals surface area contributed by atoms with Crippen molar-refractivity contribution in [3.05, 3.63) is 93.3 Å². The summed E-state index contributed by atoms with van der Waals surface area (Å²) in [4.78, 5) is 16.1. The average Bonchev–Trinajstić information content (AvgIpc) is 3.32. The van der Waals surface area contributed by atoms with Crippen LogP contribution in [0.1, 0.15) is 22.3 Å². The number of benzene rings is 3. The van der Waals surface area contributed by atoms with Crippen molar-refractivity contribution in [2.75, 3.05) is 13.9 Å². The predicted octanol–water partition coefficient (Wildman–Crippen LogP) is 4.27. The summed E-state index contributed by atoms with van der Waals surface area (Å²) in [6.45, 7) is 3.97. The average molecular weight is 507 g/mol. The summed E-state index contributed by atoms with van der Waals surface area (Å²) >= 11 is 0. The Kier molecular flexibility index (Phi) is 6.19. The van der Waals surface area contributed by atoms with E-state index < -0.39 is 10.0 Å². The minimum Gasteiger partial charge on any atom is -0.497 e. The third kappa shape index (κ3) is 4.55. The van der Waals surface area contributed by atoms with Gasteiger partial charge in [-0.2, -0.15) is 4.31 Å². The molecule has 0 saturated carbocycles. The van der Waals surface area contributed by atoms with E-state index in [2.05, 4.69) is 4.98 Å². The molecule has 9 heteroatoms. The lowest BCUT2D eigenvalue weighted by Gasteiger charge is -2.23.